The first-order valence-electron chi connectivity index (χ1n) is 7.38. The van der Waals surface area contributed by atoms with Crippen molar-refractivity contribution in [3.05, 3.63) is 29.3 Å². The number of rotatable bonds is 4. The predicted octanol–water partition coefficient (Wildman–Crippen LogP) is 2.39. The van der Waals surface area contributed by atoms with Crippen molar-refractivity contribution < 1.29 is 4.74 Å². The number of likely N-dealkylation sites (tertiary alicyclic amines) is 1. The molecule has 2 fully saturated rings. The van der Waals surface area contributed by atoms with E-state index >= 15 is 0 Å². The van der Waals surface area contributed by atoms with Crippen LogP contribution >= 0.6 is 0 Å². The Kier molecular flexibility index (Phi) is 3.76. The molecule has 1 aliphatic carbocycles. The van der Waals surface area contributed by atoms with Gasteiger partial charge in [0.1, 0.15) is 5.75 Å². The second-order valence-corrected chi connectivity index (χ2v) is 6.00. The van der Waals surface area contributed by atoms with Crippen LogP contribution < -0.4 is 10.5 Å². The Bertz CT molecular complexity index is 434. The van der Waals surface area contributed by atoms with Crippen LogP contribution in [-0.2, 0) is 13.1 Å². The average Bonchev–Trinajstić information content (AvgIpc) is 2.99. The summed E-state index contributed by atoms with van der Waals surface area (Å²) < 4.78 is 5.42. The molecule has 2 N–H and O–H groups in total. The second-order valence-electron chi connectivity index (χ2n) is 6.00. The van der Waals surface area contributed by atoms with E-state index in [0.29, 0.717) is 6.54 Å². The molecule has 0 amide bonds. The third kappa shape index (κ3) is 2.63. The molecule has 0 bridgehead atoms. The van der Waals surface area contributed by atoms with Gasteiger partial charge >= 0.3 is 0 Å². The van der Waals surface area contributed by atoms with Gasteiger partial charge in [-0.1, -0.05) is 18.6 Å². The van der Waals surface area contributed by atoms with E-state index in [-0.39, 0.29) is 0 Å². The lowest BCUT2D eigenvalue weighted by atomic mass is 10.0. The van der Waals surface area contributed by atoms with Crippen molar-refractivity contribution in [2.24, 2.45) is 17.6 Å². The van der Waals surface area contributed by atoms with Crippen LogP contribution in [0.5, 0.6) is 5.75 Å². The zero-order chi connectivity index (χ0) is 13.2. The summed E-state index contributed by atoms with van der Waals surface area (Å²) in [5, 5.41) is 0. The fourth-order valence-corrected chi connectivity index (χ4v) is 3.78. The Labute approximate surface area is 115 Å². The van der Waals surface area contributed by atoms with Gasteiger partial charge in [-0.2, -0.15) is 0 Å². The summed E-state index contributed by atoms with van der Waals surface area (Å²) in [4.78, 5) is 2.60. The Morgan fingerprint density at radius 2 is 2.00 bits per heavy atom. The molecule has 1 heterocycles. The Morgan fingerprint density at radius 3 is 2.63 bits per heavy atom. The van der Waals surface area contributed by atoms with E-state index in [9.17, 15) is 0 Å². The molecule has 2 unspecified atom stereocenters. The van der Waals surface area contributed by atoms with Crippen molar-refractivity contribution in [1.82, 2.24) is 4.90 Å². The number of nitrogens with two attached hydrogens (primary N) is 1. The summed E-state index contributed by atoms with van der Waals surface area (Å²) in [5.41, 5.74) is 8.14. The van der Waals surface area contributed by atoms with Crippen molar-refractivity contribution in [1.29, 1.82) is 0 Å². The van der Waals surface area contributed by atoms with Gasteiger partial charge in [0.15, 0.2) is 0 Å². The maximum atomic E-state index is 5.71. The summed E-state index contributed by atoms with van der Waals surface area (Å²) in [6, 6.07) is 6.44. The van der Waals surface area contributed by atoms with E-state index in [1.807, 2.05) is 0 Å². The van der Waals surface area contributed by atoms with Crippen molar-refractivity contribution in [3.8, 4) is 5.75 Å². The number of nitrogens with zero attached hydrogens (tertiary/aromatic N) is 1. The Morgan fingerprint density at radius 1 is 1.26 bits per heavy atom. The fraction of sp³-hybridized carbons (Fsp3) is 0.625. The third-order valence-corrected chi connectivity index (χ3v) is 4.78. The van der Waals surface area contributed by atoms with Crippen LogP contribution in [0.2, 0.25) is 0 Å². The van der Waals surface area contributed by atoms with Gasteiger partial charge in [0, 0.05) is 31.7 Å². The van der Waals surface area contributed by atoms with Gasteiger partial charge in [0.25, 0.3) is 0 Å². The lowest BCUT2D eigenvalue weighted by Crippen LogP contribution is -2.21. The number of hydrogen-bond acceptors (Lipinski definition) is 3. The maximum Gasteiger partial charge on any atom is 0.123 e. The monoisotopic (exact) mass is 260 g/mol. The highest BCUT2D eigenvalue weighted by atomic mass is 16.5. The molecule has 0 aromatic heterocycles. The minimum atomic E-state index is 0.539. The van der Waals surface area contributed by atoms with E-state index in [4.69, 9.17) is 10.5 Å². The summed E-state index contributed by atoms with van der Waals surface area (Å²) in [6.45, 7) is 4.16. The van der Waals surface area contributed by atoms with Gasteiger partial charge in [-0.05, 0) is 36.3 Å². The first kappa shape index (κ1) is 12.9. The molecule has 2 atom stereocenters. The van der Waals surface area contributed by atoms with Crippen molar-refractivity contribution in [2.75, 3.05) is 20.2 Å². The van der Waals surface area contributed by atoms with E-state index in [0.717, 1.165) is 29.7 Å². The number of benzene rings is 1. The minimum absolute atomic E-state index is 0.539. The molecule has 19 heavy (non-hydrogen) atoms. The van der Waals surface area contributed by atoms with Crippen LogP contribution in [0, 0.1) is 11.8 Å². The molecule has 0 radical (unpaired) electrons. The van der Waals surface area contributed by atoms with Crippen LogP contribution in [0.3, 0.4) is 0 Å². The van der Waals surface area contributed by atoms with Gasteiger partial charge < -0.3 is 10.5 Å². The van der Waals surface area contributed by atoms with Gasteiger partial charge in [-0.15, -0.1) is 0 Å². The van der Waals surface area contributed by atoms with Crippen molar-refractivity contribution in [2.45, 2.75) is 32.4 Å². The second kappa shape index (κ2) is 5.51. The van der Waals surface area contributed by atoms with Crippen LogP contribution in [0.4, 0.5) is 0 Å². The number of ether oxygens (including phenoxy) is 1. The van der Waals surface area contributed by atoms with Crippen LogP contribution in [0.1, 0.15) is 30.4 Å². The quantitative estimate of drug-likeness (QED) is 0.903. The fourth-order valence-electron chi connectivity index (χ4n) is 3.78. The molecule has 104 valence electrons. The van der Waals surface area contributed by atoms with Crippen molar-refractivity contribution >= 4 is 0 Å². The van der Waals surface area contributed by atoms with Gasteiger partial charge in [0.05, 0.1) is 7.11 Å². The van der Waals surface area contributed by atoms with Gasteiger partial charge in [-0.25, -0.2) is 0 Å². The zero-order valence-corrected chi connectivity index (χ0v) is 11.8. The summed E-state index contributed by atoms with van der Waals surface area (Å²) in [6.07, 6.45) is 4.33. The summed E-state index contributed by atoms with van der Waals surface area (Å²) in [7, 11) is 1.72. The average molecular weight is 260 g/mol. The van der Waals surface area contributed by atoms with E-state index in [1.54, 1.807) is 7.11 Å². The standard InChI is InChI=1S/C16H24N2O/c1-19-16-7-12(5-6-13(16)8-17)9-18-10-14-3-2-4-15(14)11-18/h5-7,14-15H,2-4,8-11,17H2,1H3. The molecule has 1 aromatic rings. The molecule has 3 rings (SSSR count). The van der Waals surface area contributed by atoms with Gasteiger partial charge in [0.2, 0.25) is 0 Å². The lowest BCUT2D eigenvalue weighted by molar-refractivity contribution is 0.302. The Balaban J connectivity index is 1.67. The van der Waals surface area contributed by atoms with Crippen LogP contribution in [0.15, 0.2) is 18.2 Å². The highest BCUT2D eigenvalue weighted by Gasteiger charge is 2.35. The molecule has 0 spiro atoms. The van der Waals surface area contributed by atoms with Crippen LogP contribution in [-0.4, -0.2) is 25.1 Å². The first-order valence-corrected chi connectivity index (χ1v) is 7.38. The molecule has 3 nitrogen and oxygen atoms in total. The van der Waals surface area contributed by atoms with E-state index in [2.05, 4.69) is 23.1 Å². The largest absolute Gasteiger partial charge is 0.496 e. The minimum Gasteiger partial charge on any atom is -0.496 e. The van der Waals surface area contributed by atoms with Crippen molar-refractivity contribution in [3.63, 3.8) is 0 Å². The van der Waals surface area contributed by atoms with E-state index < -0.39 is 0 Å². The molecular formula is C16H24N2O. The number of fused-ring (bicyclic) bond motifs is 1. The Hall–Kier alpha value is -1.06. The first-order chi connectivity index (χ1) is 9.30. The highest BCUT2D eigenvalue weighted by Crippen LogP contribution is 2.38. The predicted molar refractivity (Wildman–Crippen MR) is 77.0 cm³/mol. The molecule has 1 saturated carbocycles. The summed E-state index contributed by atoms with van der Waals surface area (Å²) >= 11 is 0. The number of methoxy groups -OCH3 is 1. The highest BCUT2D eigenvalue weighted by molar-refractivity contribution is 5.37. The van der Waals surface area contributed by atoms with Gasteiger partial charge in [-0.3, -0.25) is 4.90 Å². The van der Waals surface area contributed by atoms with E-state index in [1.165, 1.54) is 37.9 Å². The lowest BCUT2D eigenvalue weighted by Gasteiger charge is -2.18. The molecule has 1 aromatic carbocycles. The molecule has 2 aliphatic rings. The molecule has 3 heteroatoms. The number of hydrogen-bond donors (Lipinski definition) is 1. The molecule has 1 aliphatic heterocycles. The topological polar surface area (TPSA) is 38.5 Å². The maximum absolute atomic E-state index is 5.71. The smallest absolute Gasteiger partial charge is 0.123 e. The molecular weight excluding hydrogens is 236 g/mol. The SMILES string of the molecule is COc1cc(CN2CC3CCCC3C2)ccc1CN. The van der Waals surface area contributed by atoms with Crippen LogP contribution in [0.25, 0.3) is 0 Å². The molecule has 1 saturated heterocycles. The zero-order valence-electron chi connectivity index (χ0n) is 11.8. The third-order valence-electron chi connectivity index (χ3n) is 4.78. The summed E-state index contributed by atoms with van der Waals surface area (Å²) in [5.74, 6) is 2.86. The normalized spacial score (nSPS) is 26.6.